The number of carbonyl (C=O) groups is 1. The minimum Gasteiger partial charge on any atom is -0.335 e. The summed E-state index contributed by atoms with van der Waals surface area (Å²) < 4.78 is 0. The van der Waals surface area contributed by atoms with Gasteiger partial charge in [-0.1, -0.05) is 0 Å². The molecule has 4 heteroatoms. The van der Waals surface area contributed by atoms with Crippen LogP contribution in [0.1, 0.15) is 46.8 Å². The highest BCUT2D eigenvalue weighted by molar-refractivity contribution is 7.14. The van der Waals surface area contributed by atoms with Gasteiger partial charge in [-0.25, -0.2) is 0 Å². The number of nitrogens with zero attached hydrogens (tertiary/aromatic N) is 1. The summed E-state index contributed by atoms with van der Waals surface area (Å²) in [5, 5.41) is 0. The molecule has 0 atom stereocenters. The first-order valence-electron chi connectivity index (χ1n) is 6.41. The van der Waals surface area contributed by atoms with Gasteiger partial charge in [0.1, 0.15) is 0 Å². The molecule has 0 unspecified atom stereocenters. The quantitative estimate of drug-likeness (QED) is 0.775. The lowest BCUT2D eigenvalue weighted by molar-refractivity contribution is 0.0665. The van der Waals surface area contributed by atoms with E-state index in [9.17, 15) is 4.79 Å². The molecule has 0 aliphatic heterocycles. The lowest BCUT2D eigenvalue weighted by Crippen LogP contribution is -2.46. The van der Waals surface area contributed by atoms with E-state index in [0.717, 1.165) is 17.7 Å². The molecule has 18 heavy (non-hydrogen) atoms. The van der Waals surface area contributed by atoms with Crippen LogP contribution in [-0.2, 0) is 12.8 Å². The summed E-state index contributed by atoms with van der Waals surface area (Å²) in [5.41, 5.74) is 1.08. The van der Waals surface area contributed by atoms with Gasteiger partial charge in [0.2, 0.25) is 0 Å². The van der Waals surface area contributed by atoms with Crippen molar-refractivity contribution in [1.29, 1.82) is 0 Å². The fourth-order valence-corrected chi connectivity index (χ4v) is 3.53. The van der Waals surface area contributed by atoms with E-state index in [1.165, 1.54) is 23.3 Å². The average Bonchev–Trinajstić information content (AvgIpc) is 2.80. The first-order valence-corrected chi connectivity index (χ1v) is 7.76. The maximum atomic E-state index is 12.4. The van der Waals surface area contributed by atoms with Gasteiger partial charge in [-0.05, 0) is 51.2 Å². The highest BCUT2D eigenvalue weighted by Gasteiger charge is 2.29. The highest BCUT2D eigenvalue weighted by atomic mass is 35.5. The molecule has 1 aliphatic carbocycles. The maximum absolute atomic E-state index is 12.4. The monoisotopic (exact) mass is 285 g/mol. The van der Waals surface area contributed by atoms with Gasteiger partial charge in [-0.15, -0.1) is 22.9 Å². The third-order valence-electron chi connectivity index (χ3n) is 3.75. The van der Waals surface area contributed by atoms with Crippen LogP contribution in [0.15, 0.2) is 6.07 Å². The normalized spacial score (nSPS) is 15.3. The molecular formula is C14H20ClNOS. The molecule has 1 aromatic heterocycles. The van der Waals surface area contributed by atoms with Crippen molar-refractivity contribution in [2.45, 2.75) is 45.1 Å². The molecule has 0 bridgehead atoms. The van der Waals surface area contributed by atoms with Crippen LogP contribution in [0.3, 0.4) is 0 Å². The average molecular weight is 286 g/mol. The van der Waals surface area contributed by atoms with E-state index in [2.05, 4.69) is 6.07 Å². The molecule has 1 aliphatic rings. The van der Waals surface area contributed by atoms with E-state index in [1.807, 2.05) is 20.9 Å². The third-order valence-corrected chi connectivity index (χ3v) is 5.63. The fourth-order valence-electron chi connectivity index (χ4n) is 2.13. The second-order valence-electron chi connectivity index (χ2n) is 5.58. The second kappa shape index (κ2) is 5.22. The summed E-state index contributed by atoms with van der Waals surface area (Å²) in [7, 11) is 1.84. The number of aryl methyl sites for hydroxylation is 2. The molecule has 0 saturated heterocycles. The van der Waals surface area contributed by atoms with Gasteiger partial charge in [0, 0.05) is 17.8 Å². The summed E-state index contributed by atoms with van der Waals surface area (Å²) in [4.78, 5) is 16.5. The zero-order valence-electron chi connectivity index (χ0n) is 11.3. The van der Waals surface area contributed by atoms with Crippen LogP contribution in [0.25, 0.3) is 0 Å². The van der Waals surface area contributed by atoms with Crippen LogP contribution < -0.4 is 0 Å². The number of alkyl halides is 1. The molecule has 1 aromatic rings. The van der Waals surface area contributed by atoms with Crippen LogP contribution in [0, 0.1) is 0 Å². The number of hydrogen-bond donors (Lipinski definition) is 0. The van der Waals surface area contributed by atoms with E-state index in [0.29, 0.717) is 5.88 Å². The number of carbonyl (C=O) groups excluding carboxylic acids is 1. The van der Waals surface area contributed by atoms with Crippen LogP contribution in [0.4, 0.5) is 0 Å². The molecule has 2 rings (SSSR count). The predicted octanol–water partition coefficient (Wildman–Crippen LogP) is 3.72. The van der Waals surface area contributed by atoms with E-state index >= 15 is 0 Å². The molecular weight excluding hydrogens is 266 g/mol. The molecule has 0 saturated carbocycles. The van der Waals surface area contributed by atoms with Gasteiger partial charge in [0.15, 0.2) is 0 Å². The molecule has 2 nitrogen and oxygen atoms in total. The minimum atomic E-state index is -0.302. The third kappa shape index (κ3) is 2.57. The minimum absolute atomic E-state index is 0.0973. The van der Waals surface area contributed by atoms with E-state index in [-0.39, 0.29) is 11.4 Å². The van der Waals surface area contributed by atoms with Gasteiger partial charge < -0.3 is 4.90 Å². The van der Waals surface area contributed by atoms with Gasteiger partial charge in [-0.3, -0.25) is 4.79 Å². The number of fused-ring (bicyclic) bond motifs is 1. The first-order chi connectivity index (χ1) is 8.45. The molecule has 0 aromatic carbocycles. The predicted molar refractivity (Wildman–Crippen MR) is 77.9 cm³/mol. The zero-order chi connectivity index (χ0) is 13.3. The van der Waals surface area contributed by atoms with E-state index in [4.69, 9.17) is 11.6 Å². The Labute approximate surface area is 118 Å². The molecule has 0 spiro atoms. The van der Waals surface area contributed by atoms with Crippen LogP contribution in [-0.4, -0.2) is 29.3 Å². The van der Waals surface area contributed by atoms with Crippen LogP contribution in [0.2, 0.25) is 0 Å². The summed E-state index contributed by atoms with van der Waals surface area (Å²) >= 11 is 7.59. The van der Waals surface area contributed by atoms with Crippen LogP contribution in [0.5, 0.6) is 0 Å². The molecule has 0 fully saturated rings. The Balaban J connectivity index is 2.21. The van der Waals surface area contributed by atoms with Crippen molar-refractivity contribution >= 4 is 28.8 Å². The van der Waals surface area contributed by atoms with Gasteiger partial charge in [0.05, 0.1) is 10.4 Å². The topological polar surface area (TPSA) is 20.3 Å². The van der Waals surface area contributed by atoms with Gasteiger partial charge in [0.25, 0.3) is 5.91 Å². The largest absolute Gasteiger partial charge is 0.335 e. The van der Waals surface area contributed by atoms with Crippen molar-refractivity contribution in [1.82, 2.24) is 4.90 Å². The molecule has 1 amide bonds. The number of rotatable bonds is 3. The second-order valence-corrected chi connectivity index (χ2v) is 6.98. The lowest BCUT2D eigenvalue weighted by atomic mass is 9.99. The van der Waals surface area contributed by atoms with E-state index < -0.39 is 0 Å². The van der Waals surface area contributed by atoms with Crippen molar-refractivity contribution in [3.63, 3.8) is 0 Å². The van der Waals surface area contributed by atoms with Crippen molar-refractivity contribution in [2.75, 3.05) is 12.9 Å². The Morgan fingerprint density at radius 1 is 1.44 bits per heavy atom. The van der Waals surface area contributed by atoms with Crippen molar-refractivity contribution in [3.8, 4) is 0 Å². The Morgan fingerprint density at radius 2 is 2.11 bits per heavy atom. The molecule has 0 radical (unpaired) electrons. The zero-order valence-corrected chi connectivity index (χ0v) is 12.8. The summed E-state index contributed by atoms with van der Waals surface area (Å²) in [6.07, 6.45) is 4.77. The number of halogens is 1. The van der Waals surface area contributed by atoms with E-state index in [1.54, 1.807) is 16.2 Å². The maximum Gasteiger partial charge on any atom is 0.264 e. The number of amides is 1. The van der Waals surface area contributed by atoms with Crippen molar-refractivity contribution in [3.05, 3.63) is 21.4 Å². The Bertz CT molecular complexity index is 429. The van der Waals surface area contributed by atoms with Gasteiger partial charge in [-0.2, -0.15) is 0 Å². The van der Waals surface area contributed by atoms with Crippen molar-refractivity contribution < 1.29 is 4.79 Å². The SMILES string of the molecule is CN(C(=O)c1cc2c(s1)CCCC2)C(C)(C)CCl. The highest BCUT2D eigenvalue weighted by Crippen LogP contribution is 2.31. The Hall–Kier alpha value is -0.540. The lowest BCUT2D eigenvalue weighted by Gasteiger charge is -2.33. The van der Waals surface area contributed by atoms with Gasteiger partial charge >= 0.3 is 0 Å². The first kappa shape index (κ1) is 13.9. The standard InChI is InChI=1S/C14H20ClNOS/c1-14(2,9-15)16(3)13(17)12-8-10-6-4-5-7-11(10)18-12/h8H,4-7,9H2,1-3H3. The number of hydrogen-bond acceptors (Lipinski definition) is 2. The molecule has 100 valence electrons. The molecule has 1 heterocycles. The van der Waals surface area contributed by atoms with Crippen molar-refractivity contribution in [2.24, 2.45) is 0 Å². The number of thiophene rings is 1. The summed E-state index contributed by atoms with van der Waals surface area (Å²) in [6, 6.07) is 2.09. The van der Waals surface area contributed by atoms with Crippen LogP contribution >= 0.6 is 22.9 Å². The Morgan fingerprint density at radius 3 is 2.72 bits per heavy atom. The summed E-state index contributed by atoms with van der Waals surface area (Å²) in [6.45, 7) is 3.98. The Kier molecular flexibility index (Phi) is 4.02. The smallest absolute Gasteiger partial charge is 0.264 e. The summed E-state index contributed by atoms with van der Waals surface area (Å²) in [5.74, 6) is 0.542. The fraction of sp³-hybridized carbons (Fsp3) is 0.643. The molecule has 0 N–H and O–H groups in total.